The minimum absolute atomic E-state index is 0.333. The summed E-state index contributed by atoms with van der Waals surface area (Å²) in [6.07, 6.45) is -4.47. The number of carboxylic acid groups (broad SMARTS) is 2. The molecule has 1 aliphatic heterocycles. The van der Waals surface area contributed by atoms with Crippen LogP contribution in [0.3, 0.4) is 0 Å². The van der Waals surface area contributed by atoms with Gasteiger partial charge in [-0.2, -0.15) is 0 Å². The van der Waals surface area contributed by atoms with Gasteiger partial charge in [0.25, 0.3) is 0 Å². The van der Waals surface area contributed by atoms with Gasteiger partial charge in [-0.3, -0.25) is 9.59 Å². The predicted molar refractivity (Wildman–Crippen MR) is 95.2 cm³/mol. The van der Waals surface area contributed by atoms with Crippen LogP contribution in [0.15, 0.2) is 12.2 Å². The zero-order valence-electron chi connectivity index (χ0n) is 15.9. The van der Waals surface area contributed by atoms with Crippen LogP contribution in [0.2, 0.25) is 0 Å². The molecule has 0 unspecified atom stereocenters. The van der Waals surface area contributed by atoms with Crippen molar-refractivity contribution in [2.75, 3.05) is 6.61 Å². The average Bonchev–Trinajstić information content (AvgIpc) is 2.63. The molecule has 1 aliphatic rings. The number of aliphatic hydroxyl groups is 4. The number of carbonyl (C=O) groups is 2. The molecule has 1 heterocycles. The Hall–Kier alpha value is -1.56. The van der Waals surface area contributed by atoms with Crippen LogP contribution >= 0.6 is 0 Å². The zero-order chi connectivity index (χ0) is 21.4. The summed E-state index contributed by atoms with van der Waals surface area (Å²) < 4.78 is 10.8. The van der Waals surface area contributed by atoms with Crippen molar-refractivity contribution >= 4 is 11.9 Å². The highest BCUT2D eigenvalue weighted by Gasteiger charge is 2.45. The fourth-order valence-electron chi connectivity index (χ4n) is 2.77. The van der Waals surface area contributed by atoms with Gasteiger partial charge in [0.1, 0.15) is 24.4 Å². The van der Waals surface area contributed by atoms with Crippen LogP contribution in [0.25, 0.3) is 0 Å². The normalized spacial score (nSPS) is 31.4. The molecule has 0 aromatic rings. The molecule has 10 heteroatoms. The fourth-order valence-corrected chi connectivity index (χ4v) is 2.77. The SMILES string of the molecule is C[C@H](C/C=C/C[C@H](C)[C@H](CC(=O)O)O[C@@H]1O[C@H](CO)[C@@H](O)[C@H](O)[C@H]1O)C(=O)O. The fraction of sp³-hybridized carbons (Fsp3) is 0.778. The Morgan fingerprint density at radius 3 is 2.18 bits per heavy atom. The van der Waals surface area contributed by atoms with Gasteiger partial charge in [-0.05, 0) is 18.8 Å². The van der Waals surface area contributed by atoms with Crippen molar-refractivity contribution < 1.29 is 49.7 Å². The number of aliphatic hydroxyl groups excluding tert-OH is 4. The molecule has 0 spiro atoms. The summed E-state index contributed by atoms with van der Waals surface area (Å²) in [5.41, 5.74) is 0. The van der Waals surface area contributed by atoms with Crippen molar-refractivity contribution in [1.82, 2.24) is 0 Å². The molecule has 0 aromatic heterocycles. The van der Waals surface area contributed by atoms with Gasteiger partial charge in [-0.25, -0.2) is 0 Å². The van der Waals surface area contributed by atoms with E-state index in [1.54, 1.807) is 26.0 Å². The summed E-state index contributed by atoms with van der Waals surface area (Å²) >= 11 is 0. The zero-order valence-corrected chi connectivity index (χ0v) is 15.9. The summed E-state index contributed by atoms with van der Waals surface area (Å²) in [6.45, 7) is 2.68. The molecule has 0 radical (unpaired) electrons. The first-order chi connectivity index (χ1) is 13.1. The van der Waals surface area contributed by atoms with E-state index in [0.29, 0.717) is 12.8 Å². The first-order valence-electron chi connectivity index (χ1n) is 9.14. The van der Waals surface area contributed by atoms with E-state index in [9.17, 15) is 30.0 Å². The smallest absolute Gasteiger partial charge is 0.306 e. The van der Waals surface area contributed by atoms with Gasteiger partial charge in [0.2, 0.25) is 0 Å². The van der Waals surface area contributed by atoms with E-state index in [4.69, 9.17) is 19.7 Å². The molecule has 28 heavy (non-hydrogen) atoms. The Morgan fingerprint density at radius 1 is 1.04 bits per heavy atom. The molecule has 0 saturated carbocycles. The highest BCUT2D eigenvalue weighted by molar-refractivity contribution is 5.69. The van der Waals surface area contributed by atoms with E-state index in [1.165, 1.54) is 0 Å². The third-order valence-corrected chi connectivity index (χ3v) is 4.75. The maximum atomic E-state index is 11.2. The second-order valence-electron chi connectivity index (χ2n) is 7.13. The molecule has 0 bridgehead atoms. The van der Waals surface area contributed by atoms with Gasteiger partial charge in [0, 0.05) is 0 Å². The molecular weight excluding hydrogens is 376 g/mol. The summed E-state index contributed by atoms with van der Waals surface area (Å²) in [7, 11) is 0. The lowest BCUT2D eigenvalue weighted by Gasteiger charge is -2.41. The Bertz CT molecular complexity index is 534. The van der Waals surface area contributed by atoms with E-state index >= 15 is 0 Å². The highest BCUT2D eigenvalue weighted by atomic mass is 16.7. The minimum Gasteiger partial charge on any atom is -0.481 e. The van der Waals surface area contributed by atoms with Crippen LogP contribution < -0.4 is 0 Å². The van der Waals surface area contributed by atoms with Gasteiger partial charge >= 0.3 is 11.9 Å². The average molecular weight is 406 g/mol. The molecule has 10 nitrogen and oxygen atoms in total. The molecule has 0 aliphatic carbocycles. The number of hydrogen-bond acceptors (Lipinski definition) is 8. The lowest BCUT2D eigenvalue weighted by molar-refractivity contribution is -0.314. The maximum absolute atomic E-state index is 11.2. The van der Waals surface area contributed by atoms with Gasteiger partial charge < -0.3 is 40.1 Å². The molecule has 6 N–H and O–H groups in total. The quantitative estimate of drug-likeness (QED) is 0.242. The number of aliphatic carboxylic acids is 2. The van der Waals surface area contributed by atoms with Crippen molar-refractivity contribution in [3.63, 3.8) is 0 Å². The van der Waals surface area contributed by atoms with E-state index in [1.807, 2.05) is 0 Å². The number of allylic oxidation sites excluding steroid dienone is 2. The molecule has 162 valence electrons. The number of hydrogen-bond donors (Lipinski definition) is 6. The molecule has 0 amide bonds. The lowest BCUT2D eigenvalue weighted by Crippen LogP contribution is -2.60. The minimum atomic E-state index is -1.62. The van der Waals surface area contributed by atoms with Crippen LogP contribution in [0.4, 0.5) is 0 Å². The third kappa shape index (κ3) is 7.12. The Morgan fingerprint density at radius 2 is 1.64 bits per heavy atom. The van der Waals surface area contributed by atoms with Crippen LogP contribution in [0.5, 0.6) is 0 Å². The van der Waals surface area contributed by atoms with Crippen LogP contribution in [0, 0.1) is 11.8 Å². The van der Waals surface area contributed by atoms with Crippen molar-refractivity contribution in [1.29, 1.82) is 0 Å². The van der Waals surface area contributed by atoms with E-state index in [-0.39, 0.29) is 5.92 Å². The standard InChI is InChI=1S/C18H30O10/c1-9(5-3-4-6-10(2)17(25)26)11(7-13(20)21)27-18-16(24)15(23)14(22)12(8-19)28-18/h3-4,9-12,14-16,18-19,22-24H,5-8H2,1-2H3,(H,20,21)(H,25,26)/b4-3+/t9-,10+,11-,12+,14+,15-,16+,18+/m0/s1. The molecule has 1 rings (SSSR count). The summed E-state index contributed by atoms with van der Waals surface area (Å²) in [5, 5.41) is 56.9. The number of rotatable bonds is 11. The van der Waals surface area contributed by atoms with Crippen molar-refractivity contribution in [2.45, 2.75) is 69.9 Å². The van der Waals surface area contributed by atoms with Gasteiger partial charge in [-0.1, -0.05) is 26.0 Å². The largest absolute Gasteiger partial charge is 0.481 e. The third-order valence-electron chi connectivity index (χ3n) is 4.75. The molecule has 8 atom stereocenters. The Labute approximate surface area is 163 Å². The van der Waals surface area contributed by atoms with E-state index in [0.717, 1.165) is 0 Å². The summed E-state index contributed by atoms with van der Waals surface area (Å²) in [5.74, 6) is -2.91. The van der Waals surface area contributed by atoms with E-state index in [2.05, 4.69) is 0 Å². The van der Waals surface area contributed by atoms with Crippen LogP contribution in [-0.4, -0.2) is 86.0 Å². The van der Waals surface area contributed by atoms with Crippen molar-refractivity contribution in [2.24, 2.45) is 11.8 Å². The second kappa shape index (κ2) is 11.4. The molecule has 1 fully saturated rings. The van der Waals surface area contributed by atoms with Crippen LogP contribution in [0.1, 0.15) is 33.1 Å². The molecule has 1 saturated heterocycles. The Balaban J connectivity index is 2.74. The second-order valence-corrected chi connectivity index (χ2v) is 7.13. The van der Waals surface area contributed by atoms with Gasteiger partial charge in [-0.15, -0.1) is 0 Å². The summed E-state index contributed by atoms with van der Waals surface area (Å²) in [6, 6.07) is 0. The molecule has 0 aromatic carbocycles. The van der Waals surface area contributed by atoms with Crippen molar-refractivity contribution in [3.05, 3.63) is 12.2 Å². The number of ether oxygens (including phenoxy) is 2. The first-order valence-corrected chi connectivity index (χ1v) is 9.14. The summed E-state index contributed by atoms with van der Waals surface area (Å²) in [4.78, 5) is 22.0. The monoisotopic (exact) mass is 406 g/mol. The lowest BCUT2D eigenvalue weighted by atomic mass is 9.96. The molecular formula is C18H30O10. The highest BCUT2D eigenvalue weighted by Crippen LogP contribution is 2.26. The maximum Gasteiger partial charge on any atom is 0.306 e. The topological polar surface area (TPSA) is 174 Å². The van der Waals surface area contributed by atoms with Crippen molar-refractivity contribution in [3.8, 4) is 0 Å². The first kappa shape index (κ1) is 24.5. The van der Waals surface area contributed by atoms with Crippen LogP contribution in [-0.2, 0) is 19.1 Å². The number of carboxylic acids is 2. The Kier molecular flexibility index (Phi) is 10.0. The van der Waals surface area contributed by atoms with Gasteiger partial charge in [0.15, 0.2) is 6.29 Å². The predicted octanol–water partition coefficient (Wildman–Crippen LogP) is -0.661. The van der Waals surface area contributed by atoms with E-state index < -0.39 is 67.7 Å². The van der Waals surface area contributed by atoms with Gasteiger partial charge in [0.05, 0.1) is 25.0 Å².